The molecular weight excluding hydrogens is 338 g/mol. The van der Waals surface area contributed by atoms with Gasteiger partial charge in [0.25, 0.3) is 5.91 Å². The Morgan fingerprint density at radius 1 is 1.11 bits per heavy atom. The molecular formula is C23H27NO3. The van der Waals surface area contributed by atoms with E-state index in [2.05, 4.69) is 13.8 Å². The highest BCUT2D eigenvalue weighted by Gasteiger charge is 2.26. The van der Waals surface area contributed by atoms with Gasteiger partial charge in [-0.1, -0.05) is 38.1 Å². The van der Waals surface area contributed by atoms with Gasteiger partial charge in [0, 0.05) is 24.6 Å². The zero-order chi connectivity index (χ0) is 19.6. The number of amides is 1. The Morgan fingerprint density at radius 2 is 1.81 bits per heavy atom. The van der Waals surface area contributed by atoms with Gasteiger partial charge in [-0.2, -0.15) is 0 Å². The minimum Gasteiger partial charge on any atom is -0.478 e. The summed E-state index contributed by atoms with van der Waals surface area (Å²) in [6.45, 7) is 7.56. The van der Waals surface area contributed by atoms with Crippen LogP contribution in [0.1, 0.15) is 75.9 Å². The molecule has 27 heavy (non-hydrogen) atoms. The van der Waals surface area contributed by atoms with Crippen molar-refractivity contribution in [3.63, 3.8) is 0 Å². The summed E-state index contributed by atoms with van der Waals surface area (Å²) in [4.78, 5) is 26.1. The van der Waals surface area contributed by atoms with E-state index in [0.29, 0.717) is 18.0 Å². The summed E-state index contributed by atoms with van der Waals surface area (Å²) in [6.07, 6.45) is 1.97. The van der Waals surface area contributed by atoms with Crippen LogP contribution in [0, 0.1) is 6.92 Å². The third-order valence-electron chi connectivity index (χ3n) is 5.49. The minimum atomic E-state index is -0.899. The topological polar surface area (TPSA) is 57.6 Å². The molecule has 0 aliphatic carbocycles. The van der Waals surface area contributed by atoms with Crippen molar-refractivity contribution in [1.82, 2.24) is 4.90 Å². The number of benzene rings is 2. The van der Waals surface area contributed by atoms with Crippen molar-refractivity contribution in [2.24, 2.45) is 0 Å². The fourth-order valence-corrected chi connectivity index (χ4v) is 3.81. The quantitative estimate of drug-likeness (QED) is 0.844. The Balaban J connectivity index is 1.74. The number of carbonyl (C=O) groups excluding carboxylic acids is 1. The summed E-state index contributed by atoms with van der Waals surface area (Å²) < 4.78 is 0. The van der Waals surface area contributed by atoms with E-state index in [1.165, 1.54) is 5.56 Å². The lowest BCUT2D eigenvalue weighted by atomic mass is 9.88. The second-order valence-corrected chi connectivity index (χ2v) is 7.75. The standard InChI is InChI=1S/C23H27NO3/c1-15(2)17-6-8-18(9-7-17)22(25)24-12-4-5-20(14-24)19-10-11-21(23(26)27)16(3)13-19/h6-11,13,15,20H,4-5,12,14H2,1-3H3,(H,26,27). The van der Waals surface area contributed by atoms with Gasteiger partial charge in [0.15, 0.2) is 0 Å². The van der Waals surface area contributed by atoms with Crippen LogP contribution in [0.3, 0.4) is 0 Å². The van der Waals surface area contributed by atoms with Crippen LogP contribution in [-0.2, 0) is 0 Å². The molecule has 1 aliphatic rings. The van der Waals surface area contributed by atoms with E-state index in [-0.39, 0.29) is 11.8 Å². The molecule has 0 aromatic heterocycles. The van der Waals surface area contributed by atoms with Crippen LogP contribution in [0.4, 0.5) is 0 Å². The molecule has 142 valence electrons. The van der Waals surface area contributed by atoms with Gasteiger partial charge >= 0.3 is 5.97 Å². The highest BCUT2D eigenvalue weighted by Crippen LogP contribution is 2.29. The summed E-state index contributed by atoms with van der Waals surface area (Å²) >= 11 is 0. The fourth-order valence-electron chi connectivity index (χ4n) is 3.81. The van der Waals surface area contributed by atoms with Crippen molar-refractivity contribution in [1.29, 1.82) is 0 Å². The van der Waals surface area contributed by atoms with Gasteiger partial charge in [-0.25, -0.2) is 4.79 Å². The first-order chi connectivity index (χ1) is 12.9. The SMILES string of the molecule is Cc1cc(C2CCCN(C(=O)c3ccc(C(C)C)cc3)C2)ccc1C(=O)O. The van der Waals surface area contributed by atoms with E-state index in [9.17, 15) is 14.7 Å². The zero-order valence-electron chi connectivity index (χ0n) is 16.2. The van der Waals surface area contributed by atoms with Crippen LogP contribution in [-0.4, -0.2) is 35.0 Å². The molecule has 1 amide bonds. The molecule has 1 heterocycles. The second-order valence-electron chi connectivity index (χ2n) is 7.75. The summed E-state index contributed by atoms with van der Waals surface area (Å²) in [5, 5.41) is 9.21. The molecule has 0 bridgehead atoms. The number of likely N-dealkylation sites (tertiary alicyclic amines) is 1. The minimum absolute atomic E-state index is 0.0777. The fraction of sp³-hybridized carbons (Fsp3) is 0.391. The summed E-state index contributed by atoms with van der Waals surface area (Å²) in [5.74, 6) is -0.122. The number of hydrogen-bond acceptors (Lipinski definition) is 2. The third-order valence-corrected chi connectivity index (χ3v) is 5.49. The number of carboxylic acid groups (broad SMARTS) is 1. The molecule has 4 heteroatoms. The van der Waals surface area contributed by atoms with Crippen LogP contribution in [0.25, 0.3) is 0 Å². The van der Waals surface area contributed by atoms with Crippen molar-refractivity contribution >= 4 is 11.9 Å². The maximum atomic E-state index is 12.9. The highest BCUT2D eigenvalue weighted by molar-refractivity contribution is 5.94. The summed E-state index contributed by atoms with van der Waals surface area (Å²) in [5.41, 5.74) is 4.19. The van der Waals surface area contributed by atoms with E-state index in [4.69, 9.17) is 0 Å². The number of aromatic carboxylic acids is 1. The molecule has 1 aliphatic heterocycles. The molecule has 0 radical (unpaired) electrons. The molecule has 0 spiro atoms. The molecule has 0 saturated carbocycles. The average Bonchev–Trinajstić information content (AvgIpc) is 2.67. The lowest BCUT2D eigenvalue weighted by molar-refractivity contribution is 0.0693. The highest BCUT2D eigenvalue weighted by atomic mass is 16.4. The third kappa shape index (κ3) is 4.21. The van der Waals surface area contributed by atoms with Crippen molar-refractivity contribution < 1.29 is 14.7 Å². The normalized spacial score (nSPS) is 17.2. The van der Waals surface area contributed by atoms with E-state index in [1.807, 2.05) is 48.2 Å². The van der Waals surface area contributed by atoms with Crippen LogP contribution < -0.4 is 0 Å². The van der Waals surface area contributed by atoms with E-state index >= 15 is 0 Å². The first kappa shape index (κ1) is 19.2. The molecule has 1 unspecified atom stereocenters. The Hall–Kier alpha value is -2.62. The molecule has 1 N–H and O–H groups in total. The van der Waals surface area contributed by atoms with E-state index in [0.717, 1.165) is 36.1 Å². The lowest BCUT2D eigenvalue weighted by Gasteiger charge is -2.33. The molecule has 3 rings (SSSR count). The molecule has 4 nitrogen and oxygen atoms in total. The molecule has 2 aromatic carbocycles. The Bertz CT molecular complexity index is 839. The van der Waals surface area contributed by atoms with Crippen molar-refractivity contribution in [2.45, 2.75) is 45.4 Å². The number of nitrogens with zero attached hydrogens (tertiary/aromatic N) is 1. The van der Waals surface area contributed by atoms with Gasteiger partial charge in [-0.05, 0) is 60.6 Å². The lowest BCUT2D eigenvalue weighted by Crippen LogP contribution is -2.39. The van der Waals surface area contributed by atoms with Gasteiger partial charge < -0.3 is 10.0 Å². The van der Waals surface area contributed by atoms with Gasteiger partial charge in [-0.3, -0.25) is 4.79 Å². The monoisotopic (exact) mass is 365 g/mol. The maximum Gasteiger partial charge on any atom is 0.335 e. The van der Waals surface area contributed by atoms with Crippen LogP contribution in [0.15, 0.2) is 42.5 Å². The largest absolute Gasteiger partial charge is 0.478 e. The van der Waals surface area contributed by atoms with Crippen molar-refractivity contribution in [2.75, 3.05) is 13.1 Å². The maximum absolute atomic E-state index is 12.9. The van der Waals surface area contributed by atoms with Gasteiger partial charge in [-0.15, -0.1) is 0 Å². The average molecular weight is 365 g/mol. The number of rotatable bonds is 4. The zero-order valence-corrected chi connectivity index (χ0v) is 16.2. The smallest absolute Gasteiger partial charge is 0.335 e. The first-order valence-corrected chi connectivity index (χ1v) is 9.60. The van der Waals surface area contributed by atoms with Crippen LogP contribution in [0.2, 0.25) is 0 Å². The Morgan fingerprint density at radius 3 is 2.41 bits per heavy atom. The Kier molecular flexibility index (Phi) is 5.64. The predicted octanol–water partition coefficient (Wildman–Crippen LogP) is 4.84. The van der Waals surface area contributed by atoms with Gasteiger partial charge in [0.2, 0.25) is 0 Å². The second kappa shape index (κ2) is 7.95. The summed E-state index contributed by atoms with van der Waals surface area (Å²) in [7, 11) is 0. The molecule has 1 fully saturated rings. The number of aryl methyl sites for hydroxylation is 1. The molecule has 1 saturated heterocycles. The number of carbonyl (C=O) groups is 2. The predicted molar refractivity (Wildman–Crippen MR) is 107 cm³/mol. The van der Waals surface area contributed by atoms with Crippen LogP contribution >= 0.6 is 0 Å². The summed E-state index contributed by atoms with van der Waals surface area (Å²) in [6, 6.07) is 13.4. The Labute approximate surface area is 160 Å². The molecule has 2 aromatic rings. The van der Waals surface area contributed by atoms with E-state index < -0.39 is 5.97 Å². The van der Waals surface area contributed by atoms with Crippen molar-refractivity contribution in [3.8, 4) is 0 Å². The first-order valence-electron chi connectivity index (χ1n) is 9.60. The van der Waals surface area contributed by atoms with Gasteiger partial charge in [0.05, 0.1) is 5.56 Å². The number of hydrogen-bond donors (Lipinski definition) is 1. The molecule has 1 atom stereocenters. The number of carboxylic acids is 1. The van der Waals surface area contributed by atoms with Crippen molar-refractivity contribution in [3.05, 3.63) is 70.3 Å². The van der Waals surface area contributed by atoms with Gasteiger partial charge in [0.1, 0.15) is 0 Å². The van der Waals surface area contributed by atoms with E-state index in [1.54, 1.807) is 6.07 Å². The van der Waals surface area contributed by atoms with Crippen LogP contribution in [0.5, 0.6) is 0 Å². The number of piperidine rings is 1.